The minimum absolute atomic E-state index is 0.00435. The first kappa shape index (κ1) is 9.77. The molecule has 0 N–H and O–H groups in total. The normalized spacial score (nSPS) is 21.8. The summed E-state index contributed by atoms with van der Waals surface area (Å²) in [5.74, 6) is -0.604. The van der Waals surface area contributed by atoms with Crippen LogP contribution in [-0.4, -0.2) is 37.0 Å². The predicted octanol–water partition coefficient (Wildman–Crippen LogP) is 0.194. The molecule has 1 saturated heterocycles. The fourth-order valence-corrected chi connectivity index (χ4v) is 1.43. The highest BCUT2D eigenvalue weighted by Gasteiger charge is 2.34. The number of hydrogen-bond donors (Lipinski definition) is 0. The molecule has 1 rings (SSSR count). The van der Waals surface area contributed by atoms with E-state index in [2.05, 4.69) is 11.3 Å². The van der Waals surface area contributed by atoms with Crippen LogP contribution in [0.5, 0.6) is 0 Å². The lowest BCUT2D eigenvalue weighted by Crippen LogP contribution is -2.26. The number of esters is 1. The highest BCUT2D eigenvalue weighted by atomic mass is 16.5. The number of rotatable bonds is 3. The lowest BCUT2D eigenvalue weighted by Gasteiger charge is -2.12. The lowest BCUT2D eigenvalue weighted by atomic mass is 10.1. The molecule has 0 unspecified atom stereocenters. The summed E-state index contributed by atoms with van der Waals surface area (Å²) in [5, 5.41) is 0. The summed E-state index contributed by atoms with van der Waals surface area (Å²) in [7, 11) is 1.34. The summed E-state index contributed by atoms with van der Waals surface area (Å²) < 4.78 is 4.57. The van der Waals surface area contributed by atoms with Gasteiger partial charge in [0.2, 0.25) is 5.91 Å². The van der Waals surface area contributed by atoms with E-state index in [0.29, 0.717) is 13.1 Å². The topological polar surface area (TPSA) is 46.6 Å². The molecule has 1 fully saturated rings. The summed E-state index contributed by atoms with van der Waals surface area (Å²) in [4.78, 5) is 24.0. The van der Waals surface area contributed by atoms with E-state index in [4.69, 9.17) is 0 Å². The average Bonchev–Trinajstić information content (AvgIpc) is 2.47. The van der Waals surface area contributed by atoms with Gasteiger partial charge in [-0.3, -0.25) is 9.59 Å². The molecule has 0 aromatic heterocycles. The molecular formula is C9H13NO3. The fourth-order valence-electron chi connectivity index (χ4n) is 1.43. The Labute approximate surface area is 77.2 Å². The molecule has 0 saturated carbocycles. The summed E-state index contributed by atoms with van der Waals surface area (Å²) in [6.07, 6.45) is 1.91. The maximum Gasteiger partial charge on any atom is 0.310 e. The second-order valence-corrected chi connectivity index (χ2v) is 3.01. The molecule has 0 radical (unpaired) electrons. The molecule has 0 aromatic carbocycles. The van der Waals surface area contributed by atoms with E-state index in [-0.39, 0.29) is 24.2 Å². The highest BCUT2D eigenvalue weighted by molar-refractivity contribution is 5.86. The van der Waals surface area contributed by atoms with Crippen LogP contribution in [0.4, 0.5) is 0 Å². The SMILES string of the molecule is C=CCN1C[C@@H](C(=O)OC)CC1=O. The van der Waals surface area contributed by atoms with Crippen molar-refractivity contribution in [2.45, 2.75) is 6.42 Å². The van der Waals surface area contributed by atoms with Gasteiger partial charge in [0.25, 0.3) is 0 Å². The van der Waals surface area contributed by atoms with Crippen molar-refractivity contribution < 1.29 is 14.3 Å². The molecule has 0 spiro atoms. The van der Waals surface area contributed by atoms with Gasteiger partial charge in [-0.15, -0.1) is 6.58 Å². The van der Waals surface area contributed by atoms with Crippen LogP contribution in [0.15, 0.2) is 12.7 Å². The molecule has 4 nitrogen and oxygen atoms in total. The second-order valence-electron chi connectivity index (χ2n) is 3.01. The number of carbonyl (C=O) groups is 2. The van der Waals surface area contributed by atoms with Gasteiger partial charge < -0.3 is 9.64 Å². The van der Waals surface area contributed by atoms with E-state index in [1.807, 2.05) is 0 Å². The van der Waals surface area contributed by atoms with Crippen molar-refractivity contribution in [1.82, 2.24) is 4.90 Å². The Balaban J connectivity index is 2.54. The highest BCUT2D eigenvalue weighted by Crippen LogP contribution is 2.18. The van der Waals surface area contributed by atoms with Crippen molar-refractivity contribution in [2.75, 3.05) is 20.2 Å². The summed E-state index contributed by atoms with van der Waals surface area (Å²) in [6.45, 7) is 4.50. The predicted molar refractivity (Wildman–Crippen MR) is 46.9 cm³/mol. The molecule has 72 valence electrons. The van der Waals surface area contributed by atoms with Crippen molar-refractivity contribution in [3.8, 4) is 0 Å². The third kappa shape index (κ3) is 2.08. The monoisotopic (exact) mass is 183 g/mol. The Bertz CT molecular complexity index is 237. The van der Waals surface area contributed by atoms with Crippen LogP contribution in [0.3, 0.4) is 0 Å². The maximum absolute atomic E-state index is 11.3. The van der Waals surface area contributed by atoms with E-state index in [0.717, 1.165) is 0 Å². The molecule has 1 aliphatic rings. The maximum atomic E-state index is 11.3. The number of nitrogens with zero attached hydrogens (tertiary/aromatic N) is 1. The number of carbonyl (C=O) groups excluding carboxylic acids is 2. The van der Waals surface area contributed by atoms with E-state index < -0.39 is 0 Å². The molecule has 1 aliphatic heterocycles. The zero-order valence-corrected chi connectivity index (χ0v) is 7.66. The fraction of sp³-hybridized carbons (Fsp3) is 0.556. The largest absolute Gasteiger partial charge is 0.469 e. The Morgan fingerprint density at radius 1 is 1.85 bits per heavy atom. The van der Waals surface area contributed by atoms with Gasteiger partial charge in [-0.1, -0.05) is 6.08 Å². The standard InChI is InChI=1S/C9H13NO3/c1-3-4-10-6-7(5-8(10)11)9(12)13-2/h3,7H,1,4-6H2,2H3/t7-/m0/s1. The van der Waals surface area contributed by atoms with E-state index in [1.165, 1.54) is 7.11 Å². The minimum Gasteiger partial charge on any atom is -0.469 e. The molecule has 0 bridgehead atoms. The smallest absolute Gasteiger partial charge is 0.310 e. The molecule has 1 amide bonds. The van der Waals surface area contributed by atoms with Gasteiger partial charge in [0.15, 0.2) is 0 Å². The van der Waals surface area contributed by atoms with Gasteiger partial charge in [-0.25, -0.2) is 0 Å². The Morgan fingerprint density at radius 3 is 3.08 bits per heavy atom. The first-order chi connectivity index (χ1) is 6.19. The lowest BCUT2D eigenvalue weighted by molar-refractivity contribution is -0.145. The van der Waals surface area contributed by atoms with Gasteiger partial charge in [0.05, 0.1) is 13.0 Å². The first-order valence-electron chi connectivity index (χ1n) is 4.15. The van der Waals surface area contributed by atoms with Crippen LogP contribution in [0.1, 0.15) is 6.42 Å². The van der Waals surface area contributed by atoms with Crippen LogP contribution in [0, 0.1) is 5.92 Å². The third-order valence-electron chi connectivity index (χ3n) is 2.10. The van der Waals surface area contributed by atoms with Gasteiger partial charge >= 0.3 is 5.97 Å². The van der Waals surface area contributed by atoms with E-state index in [1.54, 1.807) is 11.0 Å². The Hall–Kier alpha value is -1.32. The van der Waals surface area contributed by atoms with Crippen molar-refractivity contribution >= 4 is 11.9 Å². The van der Waals surface area contributed by atoms with E-state index >= 15 is 0 Å². The minimum atomic E-state index is -0.306. The van der Waals surface area contributed by atoms with Crippen LogP contribution in [0.2, 0.25) is 0 Å². The van der Waals surface area contributed by atoms with Gasteiger partial charge in [0, 0.05) is 19.5 Å². The second kappa shape index (κ2) is 4.07. The quantitative estimate of drug-likeness (QED) is 0.463. The molecule has 0 aliphatic carbocycles. The van der Waals surface area contributed by atoms with Crippen molar-refractivity contribution in [3.05, 3.63) is 12.7 Å². The number of ether oxygens (including phenoxy) is 1. The molecule has 0 aromatic rings. The average molecular weight is 183 g/mol. The molecule has 4 heteroatoms. The number of hydrogen-bond acceptors (Lipinski definition) is 3. The first-order valence-corrected chi connectivity index (χ1v) is 4.15. The van der Waals surface area contributed by atoms with Crippen molar-refractivity contribution in [3.63, 3.8) is 0 Å². The van der Waals surface area contributed by atoms with Crippen LogP contribution in [-0.2, 0) is 14.3 Å². The molecule has 13 heavy (non-hydrogen) atoms. The van der Waals surface area contributed by atoms with Crippen LogP contribution >= 0.6 is 0 Å². The van der Waals surface area contributed by atoms with Crippen molar-refractivity contribution in [1.29, 1.82) is 0 Å². The summed E-state index contributed by atoms with van der Waals surface area (Å²) in [6, 6.07) is 0. The summed E-state index contributed by atoms with van der Waals surface area (Å²) >= 11 is 0. The van der Waals surface area contributed by atoms with Crippen LogP contribution in [0.25, 0.3) is 0 Å². The van der Waals surface area contributed by atoms with Gasteiger partial charge in [0.1, 0.15) is 0 Å². The number of methoxy groups -OCH3 is 1. The number of likely N-dealkylation sites (tertiary alicyclic amines) is 1. The molecular weight excluding hydrogens is 170 g/mol. The Morgan fingerprint density at radius 2 is 2.54 bits per heavy atom. The zero-order chi connectivity index (χ0) is 9.84. The van der Waals surface area contributed by atoms with Crippen molar-refractivity contribution in [2.24, 2.45) is 5.92 Å². The third-order valence-corrected chi connectivity index (χ3v) is 2.10. The summed E-state index contributed by atoms with van der Waals surface area (Å²) in [5.41, 5.74) is 0. The van der Waals surface area contributed by atoms with Gasteiger partial charge in [-0.2, -0.15) is 0 Å². The van der Waals surface area contributed by atoms with E-state index in [9.17, 15) is 9.59 Å². The zero-order valence-electron chi connectivity index (χ0n) is 7.66. The molecule has 1 heterocycles. The molecule has 1 atom stereocenters. The van der Waals surface area contributed by atoms with Gasteiger partial charge in [-0.05, 0) is 0 Å². The number of amides is 1. The Kier molecular flexibility index (Phi) is 3.06. The van der Waals surface area contributed by atoms with Crippen LogP contribution < -0.4 is 0 Å².